The molecule has 0 spiro atoms. The molecule has 1 saturated heterocycles. The molecule has 1 fully saturated rings. The van der Waals surface area contributed by atoms with Crippen molar-refractivity contribution in [2.24, 2.45) is 11.8 Å². The minimum absolute atomic E-state index is 0.0443. The number of amides is 1. The Morgan fingerprint density at radius 1 is 1.42 bits per heavy atom. The Morgan fingerprint density at radius 2 is 2.16 bits per heavy atom. The molecule has 104 valence electrons. The molecule has 4 nitrogen and oxygen atoms in total. The normalized spacial score (nSPS) is 17.4. The number of nitrogens with one attached hydrogen (secondary N) is 1. The lowest BCUT2D eigenvalue weighted by Gasteiger charge is -2.31. The summed E-state index contributed by atoms with van der Waals surface area (Å²) in [7, 11) is 0. The first-order chi connectivity index (χ1) is 9.17. The van der Waals surface area contributed by atoms with Crippen LogP contribution < -0.4 is 11.3 Å². The van der Waals surface area contributed by atoms with Gasteiger partial charge in [0.2, 0.25) is 5.91 Å². The molecule has 19 heavy (non-hydrogen) atoms. The molecule has 0 aromatic heterocycles. The van der Waals surface area contributed by atoms with Gasteiger partial charge in [0.1, 0.15) is 0 Å². The fourth-order valence-electron chi connectivity index (χ4n) is 2.74. The van der Waals surface area contributed by atoms with Crippen LogP contribution in [0.4, 0.5) is 0 Å². The molecule has 4 heteroatoms. The van der Waals surface area contributed by atoms with Crippen LogP contribution in [0.15, 0.2) is 24.3 Å². The lowest BCUT2D eigenvalue weighted by atomic mass is 9.93. The van der Waals surface area contributed by atoms with Gasteiger partial charge in [0.25, 0.3) is 0 Å². The van der Waals surface area contributed by atoms with Gasteiger partial charge in [0.05, 0.1) is 0 Å². The number of carbonyl (C=O) groups excluding carboxylic acids is 1. The third-order valence-electron chi connectivity index (χ3n) is 3.83. The Labute approximate surface area is 114 Å². The van der Waals surface area contributed by atoms with Crippen molar-refractivity contribution < 1.29 is 4.79 Å². The van der Waals surface area contributed by atoms with Crippen LogP contribution in [-0.4, -0.2) is 23.9 Å². The average Bonchev–Trinajstić information content (AvgIpc) is 2.41. The number of hydrogen-bond donors (Lipinski definition) is 2. The van der Waals surface area contributed by atoms with E-state index in [0.29, 0.717) is 12.3 Å². The largest absolute Gasteiger partial charge is 0.299 e. The summed E-state index contributed by atoms with van der Waals surface area (Å²) >= 11 is 0. The van der Waals surface area contributed by atoms with E-state index in [1.54, 1.807) is 0 Å². The minimum atomic E-state index is -0.0443. The van der Waals surface area contributed by atoms with Crippen LogP contribution in [-0.2, 0) is 11.3 Å². The molecule has 0 aliphatic carbocycles. The molecule has 0 unspecified atom stereocenters. The van der Waals surface area contributed by atoms with Crippen molar-refractivity contribution >= 4 is 5.91 Å². The Kier molecular flexibility index (Phi) is 4.93. The highest BCUT2D eigenvalue weighted by atomic mass is 16.2. The molecule has 0 saturated carbocycles. The van der Waals surface area contributed by atoms with Gasteiger partial charge >= 0.3 is 0 Å². The molecule has 0 bridgehead atoms. The summed E-state index contributed by atoms with van der Waals surface area (Å²) in [5, 5.41) is 0. The molecular formula is C15H23N3O. The Bertz CT molecular complexity index is 425. The minimum Gasteiger partial charge on any atom is -0.299 e. The molecule has 0 atom stereocenters. The van der Waals surface area contributed by atoms with Crippen LogP contribution in [0, 0.1) is 12.8 Å². The van der Waals surface area contributed by atoms with Crippen molar-refractivity contribution in [3.05, 3.63) is 35.4 Å². The molecule has 2 rings (SSSR count). The summed E-state index contributed by atoms with van der Waals surface area (Å²) in [6, 6.07) is 8.67. The predicted octanol–water partition coefficient (Wildman–Crippen LogP) is 1.59. The van der Waals surface area contributed by atoms with Crippen molar-refractivity contribution in [3.8, 4) is 0 Å². The zero-order valence-electron chi connectivity index (χ0n) is 11.6. The van der Waals surface area contributed by atoms with Crippen molar-refractivity contribution in [2.75, 3.05) is 13.1 Å². The van der Waals surface area contributed by atoms with Crippen molar-refractivity contribution in [1.29, 1.82) is 0 Å². The number of piperidine rings is 1. The van der Waals surface area contributed by atoms with E-state index in [0.717, 1.165) is 32.5 Å². The van der Waals surface area contributed by atoms with E-state index in [9.17, 15) is 4.79 Å². The number of benzene rings is 1. The Balaban J connectivity index is 1.79. The zero-order valence-corrected chi connectivity index (χ0v) is 11.6. The molecular weight excluding hydrogens is 238 g/mol. The number of nitrogens with zero attached hydrogens (tertiary/aromatic N) is 1. The molecule has 1 aliphatic heterocycles. The van der Waals surface area contributed by atoms with Gasteiger partial charge in [0, 0.05) is 13.0 Å². The third-order valence-corrected chi connectivity index (χ3v) is 3.83. The maximum Gasteiger partial charge on any atom is 0.234 e. The van der Waals surface area contributed by atoms with Gasteiger partial charge in [-0.25, -0.2) is 5.84 Å². The van der Waals surface area contributed by atoms with Gasteiger partial charge in [-0.1, -0.05) is 29.8 Å². The van der Waals surface area contributed by atoms with Crippen LogP contribution in [0.1, 0.15) is 30.4 Å². The molecule has 0 radical (unpaired) electrons. The van der Waals surface area contributed by atoms with Crippen molar-refractivity contribution in [2.45, 2.75) is 32.7 Å². The lowest BCUT2D eigenvalue weighted by molar-refractivity contribution is -0.122. The Morgan fingerprint density at radius 3 is 2.79 bits per heavy atom. The summed E-state index contributed by atoms with van der Waals surface area (Å²) < 4.78 is 0. The summed E-state index contributed by atoms with van der Waals surface area (Å²) in [6.45, 7) is 5.27. The number of nitrogens with two attached hydrogens (primary N) is 1. The molecule has 1 heterocycles. The molecule has 1 amide bonds. The number of carbonyl (C=O) groups is 1. The molecule has 1 aromatic rings. The van der Waals surface area contributed by atoms with E-state index in [1.807, 2.05) is 0 Å². The van der Waals surface area contributed by atoms with Crippen LogP contribution >= 0.6 is 0 Å². The monoisotopic (exact) mass is 261 g/mol. The number of hydrogen-bond acceptors (Lipinski definition) is 3. The predicted molar refractivity (Wildman–Crippen MR) is 76.1 cm³/mol. The fraction of sp³-hybridized carbons (Fsp3) is 0.533. The zero-order chi connectivity index (χ0) is 13.7. The average molecular weight is 261 g/mol. The SMILES string of the molecule is Cc1cccc(CN2CCC(CC(=O)NN)CC2)c1. The van der Waals surface area contributed by atoms with Crippen molar-refractivity contribution in [1.82, 2.24) is 10.3 Å². The smallest absolute Gasteiger partial charge is 0.234 e. The second-order valence-electron chi connectivity index (χ2n) is 5.48. The number of likely N-dealkylation sites (tertiary alicyclic amines) is 1. The summed E-state index contributed by atoms with van der Waals surface area (Å²) in [5.41, 5.74) is 4.90. The maximum absolute atomic E-state index is 11.2. The quantitative estimate of drug-likeness (QED) is 0.491. The first kappa shape index (κ1) is 14.0. The van der Waals surface area contributed by atoms with E-state index >= 15 is 0 Å². The second-order valence-corrected chi connectivity index (χ2v) is 5.48. The van der Waals surface area contributed by atoms with E-state index in [-0.39, 0.29) is 5.91 Å². The van der Waals surface area contributed by atoms with E-state index in [2.05, 4.69) is 41.5 Å². The molecule has 1 aromatic carbocycles. The maximum atomic E-state index is 11.2. The van der Waals surface area contributed by atoms with Crippen LogP contribution in [0.2, 0.25) is 0 Å². The summed E-state index contributed by atoms with van der Waals surface area (Å²) in [5.74, 6) is 5.56. The highest BCUT2D eigenvalue weighted by Crippen LogP contribution is 2.21. The van der Waals surface area contributed by atoms with Gasteiger partial charge < -0.3 is 0 Å². The van der Waals surface area contributed by atoms with Gasteiger partial charge in [0.15, 0.2) is 0 Å². The van der Waals surface area contributed by atoms with Crippen molar-refractivity contribution in [3.63, 3.8) is 0 Å². The van der Waals surface area contributed by atoms with Crippen LogP contribution in [0.3, 0.4) is 0 Å². The third kappa shape index (κ3) is 4.33. The van der Waals surface area contributed by atoms with E-state index < -0.39 is 0 Å². The summed E-state index contributed by atoms with van der Waals surface area (Å²) in [4.78, 5) is 13.7. The van der Waals surface area contributed by atoms with Crippen LogP contribution in [0.25, 0.3) is 0 Å². The second kappa shape index (κ2) is 6.68. The topological polar surface area (TPSA) is 58.4 Å². The van der Waals surface area contributed by atoms with Gasteiger partial charge in [-0.2, -0.15) is 0 Å². The Hall–Kier alpha value is -1.39. The molecule has 1 aliphatic rings. The first-order valence-corrected chi connectivity index (χ1v) is 6.94. The van der Waals surface area contributed by atoms with Gasteiger partial charge in [-0.3, -0.25) is 15.1 Å². The van der Waals surface area contributed by atoms with E-state index in [4.69, 9.17) is 5.84 Å². The van der Waals surface area contributed by atoms with Gasteiger partial charge in [-0.15, -0.1) is 0 Å². The highest BCUT2D eigenvalue weighted by Gasteiger charge is 2.21. The van der Waals surface area contributed by atoms with Crippen LogP contribution in [0.5, 0.6) is 0 Å². The van der Waals surface area contributed by atoms with Gasteiger partial charge in [-0.05, 0) is 44.3 Å². The number of aryl methyl sites for hydroxylation is 1. The number of hydrazine groups is 1. The highest BCUT2D eigenvalue weighted by molar-refractivity contribution is 5.75. The first-order valence-electron chi connectivity index (χ1n) is 6.94. The molecule has 3 N–H and O–H groups in total. The van der Waals surface area contributed by atoms with E-state index in [1.165, 1.54) is 11.1 Å². The lowest BCUT2D eigenvalue weighted by Crippen LogP contribution is -2.37. The fourth-order valence-corrected chi connectivity index (χ4v) is 2.74. The summed E-state index contributed by atoms with van der Waals surface area (Å²) in [6.07, 6.45) is 2.73. The standard InChI is InChI=1S/C15H23N3O/c1-12-3-2-4-14(9-12)11-18-7-5-13(6-8-18)10-15(19)17-16/h2-4,9,13H,5-8,10-11,16H2,1H3,(H,17,19). The number of rotatable bonds is 4.